The van der Waals surface area contributed by atoms with E-state index in [2.05, 4.69) is 4.98 Å². The van der Waals surface area contributed by atoms with Gasteiger partial charge in [0.25, 0.3) is 10.0 Å². The molecule has 1 aromatic rings. The smallest absolute Gasteiger partial charge is 0.262 e. The molecule has 3 rings (SSSR count). The summed E-state index contributed by atoms with van der Waals surface area (Å²) in [5.74, 6) is 0. The lowest BCUT2D eigenvalue weighted by atomic mass is 10.3. The van der Waals surface area contributed by atoms with Crippen molar-refractivity contribution in [2.45, 2.75) is 4.90 Å². The first-order valence-corrected chi connectivity index (χ1v) is 5.99. The van der Waals surface area contributed by atoms with Gasteiger partial charge in [-0.3, -0.25) is 9.29 Å². The Balaban J connectivity index is 2.35. The van der Waals surface area contributed by atoms with Crippen LogP contribution in [0.5, 0.6) is 0 Å². The number of rotatable bonds is 0. The number of hydrogen-bond acceptors (Lipinski definition) is 3. The van der Waals surface area contributed by atoms with E-state index in [1.807, 2.05) is 6.08 Å². The minimum atomic E-state index is -3.38. The van der Waals surface area contributed by atoms with E-state index in [0.717, 1.165) is 0 Å². The highest BCUT2D eigenvalue weighted by molar-refractivity contribution is 7.89. The molecule has 0 fully saturated rings. The maximum absolute atomic E-state index is 12.1. The van der Waals surface area contributed by atoms with E-state index in [9.17, 15) is 8.42 Å². The summed E-state index contributed by atoms with van der Waals surface area (Å²) in [6.45, 7) is 0.419. The zero-order chi connectivity index (χ0) is 10.5. The van der Waals surface area contributed by atoms with E-state index in [-0.39, 0.29) is 4.90 Å². The second-order valence-electron chi connectivity index (χ2n) is 3.39. The van der Waals surface area contributed by atoms with Crippen LogP contribution < -0.4 is 0 Å². The lowest BCUT2D eigenvalue weighted by Crippen LogP contribution is -2.30. The Hall–Kier alpha value is -1.62. The molecule has 0 radical (unpaired) electrons. The van der Waals surface area contributed by atoms with E-state index in [0.29, 0.717) is 17.9 Å². The molecule has 0 spiro atoms. The summed E-state index contributed by atoms with van der Waals surface area (Å²) in [5, 5.41) is 0. The molecule has 0 atom stereocenters. The molecule has 0 aliphatic carbocycles. The molecule has 2 aliphatic heterocycles. The molecule has 2 aliphatic rings. The van der Waals surface area contributed by atoms with Gasteiger partial charge in [0.05, 0.1) is 17.9 Å². The van der Waals surface area contributed by atoms with Crippen molar-refractivity contribution in [3.8, 4) is 0 Å². The molecule has 0 N–H and O–H groups in total. The number of allylic oxidation sites excluding steroid dienone is 1. The average Bonchev–Trinajstić information content (AvgIpc) is 2.67. The summed E-state index contributed by atoms with van der Waals surface area (Å²) in [7, 11) is -3.38. The monoisotopic (exact) mass is 220 g/mol. The van der Waals surface area contributed by atoms with E-state index in [1.165, 1.54) is 4.31 Å². The average molecular weight is 220 g/mol. The number of nitrogens with zero attached hydrogens (tertiary/aromatic N) is 2. The fourth-order valence-corrected chi connectivity index (χ4v) is 3.34. The maximum Gasteiger partial charge on any atom is 0.266 e. The molecule has 0 saturated heterocycles. The predicted octanol–water partition coefficient (Wildman–Crippen LogP) is 0.997. The fourth-order valence-electron chi connectivity index (χ4n) is 1.80. The second kappa shape index (κ2) is 2.70. The molecule has 0 unspecified atom stereocenters. The van der Waals surface area contributed by atoms with E-state index < -0.39 is 10.0 Å². The van der Waals surface area contributed by atoms with Crippen LogP contribution in [-0.4, -0.2) is 24.3 Å². The number of fused-ring (bicyclic) bond motifs is 2. The van der Waals surface area contributed by atoms with Gasteiger partial charge in [0.15, 0.2) is 0 Å². The third-order valence-electron chi connectivity index (χ3n) is 2.50. The first kappa shape index (κ1) is 8.67. The lowest BCUT2D eigenvalue weighted by Gasteiger charge is -2.24. The molecule has 4 nitrogen and oxygen atoms in total. The molecule has 0 aromatic carbocycles. The highest BCUT2D eigenvalue weighted by atomic mass is 32.2. The molecule has 3 heterocycles. The summed E-state index contributed by atoms with van der Waals surface area (Å²) < 4.78 is 25.6. The zero-order valence-corrected chi connectivity index (χ0v) is 8.61. The second-order valence-corrected chi connectivity index (χ2v) is 5.23. The first-order valence-electron chi connectivity index (χ1n) is 4.55. The standard InChI is InChI=1S/C10H8N2O2S/c13-15(14)10-4-1-5-11-9(10)7-8-3-2-6-12(8)15/h1-5,7H,6H2. The predicted molar refractivity (Wildman–Crippen MR) is 55.2 cm³/mol. The Labute approximate surface area is 87.6 Å². The maximum atomic E-state index is 12.1. The van der Waals surface area contributed by atoms with Crippen molar-refractivity contribution in [1.29, 1.82) is 0 Å². The zero-order valence-electron chi connectivity index (χ0n) is 7.79. The van der Waals surface area contributed by atoms with Gasteiger partial charge < -0.3 is 0 Å². The van der Waals surface area contributed by atoms with E-state index in [1.54, 1.807) is 30.5 Å². The van der Waals surface area contributed by atoms with Crippen LogP contribution in [0.25, 0.3) is 6.08 Å². The SMILES string of the molecule is O=S1(=O)c2cccnc2C=C2C=CCN21. The largest absolute Gasteiger partial charge is 0.266 e. The number of aromatic nitrogens is 1. The normalized spacial score (nSPS) is 20.8. The van der Waals surface area contributed by atoms with Crippen molar-refractivity contribution >= 4 is 16.1 Å². The van der Waals surface area contributed by atoms with Gasteiger partial charge in [0.2, 0.25) is 0 Å². The highest BCUT2D eigenvalue weighted by Crippen LogP contribution is 2.32. The number of hydrogen-bond donors (Lipinski definition) is 0. The molecule has 0 bridgehead atoms. The van der Waals surface area contributed by atoms with Crippen LogP contribution in [0.1, 0.15) is 5.69 Å². The summed E-state index contributed by atoms with van der Waals surface area (Å²) in [4.78, 5) is 4.35. The van der Waals surface area contributed by atoms with Crippen molar-refractivity contribution < 1.29 is 8.42 Å². The molecule has 0 saturated carbocycles. The number of pyridine rings is 1. The number of sulfonamides is 1. The van der Waals surface area contributed by atoms with Crippen LogP contribution in [0, 0.1) is 0 Å². The Bertz CT molecular complexity index is 587. The Kier molecular flexibility index (Phi) is 1.56. The molecule has 15 heavy (non-hydrogen) atoms. The highest BCUT2D eigenvalue weighted by Gasteiger charge is 2.33. The summed E-state index contributed by atoms with van der Waals surface area (Å²) in [6.07, 6.45) is 7.02. The van der Waals surface area contributed by atoms with Crippen LogP contribution in [0.4, 0.5) is 0 Å². The lowest BCUT2D eigenvalue weighted by molar-refractivity contribution is 0.516. The Morgan fingerprint density at radius 2 is 2.27 bits per heavy atom. The van der Waals surface area contributed by atoms with Crippen LogP contribution in [0.15, 0.2) is 41.1 Å². The van der Waals surface area contributed by atoms with Gasteiger partial charge >= 0.3 is 0 Å². The van der Waals surface area contributed by atoms with Crippen molar-refractivity contribution in [3.05, 3.63) is 41.9 Å². The van der Waals surface area contributed by atoms with Gasteiger partial charge in [-0.15, -0.1) is 0 Å². The van der Waals surface area contributed by atoms with Gasteiger partial charge in [0.1, 0.15) is 4.90 Å². The van der Waals surface area contributed by atoms with Crippen LogP contribution in [-0.2, 0) is 10.0 Å². The van der Waals surface area contributed by atoms with Gasteiger partial charge in [-0.25, -0.2) is 8.42 Å². The Morgan fingerprint density at radius 3 is 3.13 bits per heavy atom. The minimum absolute atomic E-state index is 0.289. The summed E-state index contributed by atoms with van der Waals surface area (Å²) in [5.41, 5.74) is 1.22. The van der Waals surface area contributed by atoms with Crippen LogP contribution in [0.2, 0.25) is 0 Å². The molecule has 76 valence electrons. The van der Waals surface area contributed by atoms with Crippen LogP contribution in [0.3, 0.4) is 0 Å². The summed E-state index contributed by atoms with van der Waals surface area (Å²) in [6, 6.07) is 3.22. The third-order valence-corrected chi connectivity index (χ3v) is 4.34. The minimum Gasteiger partial charge on any atom is -0.262 e. The quantitative estimate of drug-likeness (QED) is 0.655. The van der Waals surface area contributed by atoms with E-state index in [4.69, 9.17) is 0 Å². The molecular weight excluding hydrogens is 212 g/mol. The molecule has 1 aromatic heterocycles. The summed E-state index contributed by atoms with van der Waals surface area (Å²) >= 11 is 0. The van der Waals surface area contributed by atoms with Gasteiger partial charge in [-0.05, 0) is 24.3 Å². The van der Waals surface area contributed by atoms with Crippen molar-refractivity contribution in [2.24, 2.45) is 0 Å². The van der Waals surface area contributed by atoms with Gasteiger partial charge in [-0.1, -0.05) is 6.08 Å². The van der Waals surface area contributed by atoms with Gasteiger partial charge in [0, 0.05) is 6.20 Å². The molecule has 0 amide bonds. The Morgan fingerprint density at radius 1 is 1.40 bits per heavy atom. The third kappa shape index (κ3) is 1.07. The van der Waals surface area contributed by atoms with Gasteiger partial charge in [-0.2, -0.15) is 0 Å². The fraction of sp³-hybridized carbons (Fsp3) is 0.100. The molecular formula is C10H8N2O2S. The molecule has 5 heteroatoms. The van der Waals surface area contributed by atoms with Crippen LogP contribution >= 0.6 is 0 Å². The topological polar surface area (TPSA) is 50.3 Å². The van der Waals surface area contributed by atoms with Crippen molar-refractivity contribution in [3.63, 3.8) is 0 Å². The van der Waals surface area contributed by atoms with E-state index >= 15 is 0 Å². The van der Waals surface area contributed by atoms with Crippen molar-refractivity contribution in [2.75, 3.05) is 6.54 Å². The van der Waals surface area contributed by atoms with Crippen molar-refractivity contribution in [1.82, 2.24) is 9.29 Å². The first-order chi connectivity index (χ1) is 7.19.